The lowest BCUT2D eigenvalue weighted by molar-refractivity contribution is 0.0369. The van der Waals surface area contributed by atoms with E-state index in [1.165, 1.54) is 18.5 Å². The van der Waals surface area contributed by atoms with Crippen molar-refractivity contribution in [2.24, 2.45) is 0 Å². The van der Waals surface area contributed by atoms with Crippen LogP contribution in [0.15, 0.2) is 73.3 Å². The van der Waals surface area contributed by atoms with Gasteiger partial charge in [-0.25, -0.2) is 9.18 Å². The highest BCUT2D eigenvalue weighted by molar-refractivity contribution is 5.89. The topological polar surface area (TPSA) is 69.4 Å². The molecule has 7 heteroatoms. The van der Waals surface area contributed by atoms with E-state index >= 15 is 0 Å². The number of benzene rings is 1. The molecule has 0 N–H and O–H groups in total. The van der Waals surface area contributed by atoms with Gasteiger partial charge in [0.05, 0.1) is 11.3 Å². The molecule has 0 saturated carbocycles. The summed E-state index contributed by atoms with van der Waals surface area (Å²) < 4.78 is 21.0. The third-order valence-electron chi connectivity index (χ3n) is 3.86. The number of halogens is 1. The van der Waals surface area contributed by atoms with Crippen molar-refractivity contribution in [3.05, 3.63) is 96.0 Å². The van der Waals surface area contributed by atoms with Crippen molar-refractivity contribution < 1.29 is 13.9 Å². The molecular formula is C19H13FN4O2. The molecule has 0 saturated heterocycles. The van der Waals surface area contributed by atoms with Crippen molar-refractivity contribution in [1.29, 1.82) is 0 Å². The van der Waals surface area contributed by atoms with Crippen molar-refractivity contribution in [3.63, 3.8) is 0 Å². The van der Waals surface area contributed by atoms with Crippen LogP contribution in [0.5, 0.6) is 0 Å². The molecule has 0 amide bonds. The summed E-state index contributed by atoms with van der Waals surface area (Å²) in [5.74, 6) is -0.967. The van der Waals surface area contributed by atoms with Crippen molar-refractivity contribution in [2.45, 2.75) is 6.10 Å². The molecule has 4 aromatic rings. The molecule has 0 unspecified atom stereocenters. The molecule has 0 aliphatic heterocycles. The van der Waals surface area contributed by atoms with Gasteiger partial charge in [0.2, 0.25) is 0 Å². The summed E-state index contributed by atoms with van der Waals surface area (Å²) in [5, 5.41) is 7.67. The van der Waals surface area contributed by atoms with Crippen LogP contribution in [0.2, 0.25) is 0 Å². The third kappa shape index (κ3) is 3.14. The van der Waals surface area contributed by atoms with Gasteiger partial charge in [-0.1, -0.05) is 18.2 Å². The van der Waals surface area contributed by atoms with Crippen LogP contribution in [0.1, 0.15) is 27.7 Å². The van der Waals surface area contributed by atoms with Crippen LogP contribution in [-0.4, -0.2) is 25.6 Å². The summed E-state index contributed by atoms with van der Waals surface area (Å²) in [6.07, 6.45) is 3.85. The third-order valence-corrected chi connectivity index (χ3v) is 3.86. The van der Waals surface area contributed by atoms with E-state index in [0.29, 0.717) is 22.5 Å². The molecule has 0 fully saturated rings. The maximum atomic E-state index is 13.7. The fraction of sp³-hybridized carbons (Fsp3) is 0.0526. The van der Waals surface area contributed by atoms with E-state index in [4.69, 9.17) is 4.74 Å². The Bertz CT molecular complexity index is 1070. The molecule has 4 rings (SSSR count). The number of fused-ring (bicyclic) bond motifs is 1. The Kier molecular flexibility index (Phi) is 4.10. The fourth-order valence-electron chi connectivity index (χ4n) is 2.62. The first-order valence-electron chi connectivity index (χ1n) is 7.87. The van der Waals surface area contributed by atoms with Crippen LogP contribution >= 0.6 is 0 Å². The van der Waals surface area contributed by atoms with Gasteiger partial charge in [-0.3, -0.25) is 9.38 Å². The zero-order valence-corrected chi connectivity index (χ0v) is 13.5. The van der Waals surface area contributed by atoms with Gasteiger partial charge in [0.15, 0.2) is 11.8 Å². The first-order chi connectivity index (χ1) is 12.7. The van der Waals surface area contributed by atoms with E-state index in [-0.39, 0.29) is 0 Å². The number of carbonyl (C=O) groups excluding carboxylic acids is 1. The summed E-state index contributed by atoms with van der Waals surface area (Å²) in [6, 6.07) is 14.5. The monoisotopic (exact) mass is 348 g/mol. The van der Waals surface area contributed by atoms with Crippen LogP contribution in [0.25, 0.3) is 5.65 Å². The van der Waals surface area contributed by atoms with Gasteiger partial charge in [0.25, 0.3) is 0 Å². The van der Waals surface area contributed by atoms with E-state index in [2.05, 4.69) is 15.2 Å². The average Bonchev–Trinajstić information content (AvgIpc) is 3.14. The quantitative estimate of drug-likeness (QED) is 0.530. The highest BCUT2D eigenvalue weighted by Gasteiger charge is 2.22. The summed E-state index contributed by atoms with van der Waals surface area (Å²) in [4.78, 5) is 16.9. The molecular weight excluding hydrogens is 335 g/mol. The molecule has 6 nitrogen and oxygen atoms in total. The number of ether oxygens (including phenoxy) is 1. The molecule has 128 valence electrons. The largest absolute Gasteiger partial charge is 0.447 e. The molecule has 1 aromatic carbocycles. The van der Waals surface area contributed by atoms with Crippen molar-refractivity contribution in [3.8, 4) is 0 Å². The summed E-state index contributed by atoms with van der Waals surface area (Å²) in [7, 11) is 0. The summed E-state index contributed by atoms with van der Waals surface area (Å²) >= 11 is 0. The van der Waals surface area contributed by atoms with Crippen LogP contribution in [0, 0.1) is 5.82 Å². The molecule has 3 heterocycles. The number of nitrogens with zero attached hydrogens (tertiary/aromatic N) is 4. The van der Waals surface area contributed by atoms with Gasteiger partial charge in [-0.05, 0) is 36.4 Å². The Balaban J connectivity index is 1.68. The minimum absolute atomic E-state index is 0.328. The Labute approximate surface area is 147 Å². The van der Waals surface area contributed by atoms with E-state index in [9.17, 15) is 9.18 Å². The SMILES string of the molecule is O=C(O[C@@H](c1cccc(F)c1)c1ccccn1)c1ccc2nncn2c1. The minimum atomic E-state index is -0.823. The van der Waals surface area contributed by atoms with Gasteiger partial charge in [0.1, 0.15) is 12.1 Å². The van der Waals surface area contributed by atoms with E-state index in [0.717, 1.165) is 0 Å². The number of hydrogen-bond acceptors (Lipinski definition) is 5. The first kappa shape index (κ1) is 15.9. The highest BCUT2D eigenvalue weighted by atomic mass is 19.1. The lowest BCUT2D eigenvalue weighted by atomic mass is 10.1. The van der Waals surface area contributed by atoms with Gasteiger partial charge in [0, 0.05) is 18.0 Å². The average molecular weight is 348 g/mol. The molecule has 1 atom stereocenters. The van der Waals surface area contributed by atoms with Gasteiger partial charge < -0.3 is 4.74 Å². The van der Waals surface area contributed by atoms with Crippen molar-refractivity contribution in [2.75, 3.05) is 0 Å². The van der Waals surface area contributed by atoms with Gasteiger partial charge in [-0.15, -0.1) is 10.2 Å². The van der Waals surface area contributed by atoms with Gasteiger partial charge >= 0.3 is 5.97 Å². The highest BCUT2D eigenvalue weighted by Crippen LogP contribution is 2.26. The maximum absolute atomic E-state index is 13.7. The van der Waals surface area contributed by atoms with Crippen LogP contribution in [-0.2, 0) is 4.74 Å². The second-order valence-corrected chi connectivity index (χ2v) is 5.61. The normalized spacial score (nSPS) is 12.0. The summed E-state index contributed by atoms with van der Waals surface area (Å²) in [6.45, 7) is 0. The maximum Gasteiger partial charge on any atom is 0.340 e. The lowest BCUT2D eigenvalue weighted by Gasteiger charge is -2.18. The van der Waals surface area contributed by atoms with Crippen molar-refractivity contribution >= 4 is 11.6 Å². The number of hydrogen-bond donors (Lipinski definition) is 0. The predicted octanol–water partition coefficient (Wildman–Crippen LogP) is 3.21. The molecule has 26 heavy (non-hydrogen) atoms. The smallest absolute Gasteiger partial charge is 0.340 e. The number of carbonyl (C=O) groups is 1. The molecule has 0 radical (unpaired) electrons. The fourth-order valence-corrected chi connectivity index (χ4v) is 2.62. The zero-order chi connectivity index (χ0) is 17.9. The standard InChI is InChI=1S/C19H13FN4O2/c20-15-5-3-4-13(10-15)18(16-6-1-2-9-21-16)26-19(25)14-7-8-17-23-22-12-24(17)11-14/h1-12,18H/t18-/m0/s1. The Morgan fingerprint density at radius 2 is 2.04 bits per heavy atom. The molecule has 0 spiro atoms. The second-order valence-electron chi connectivity index (χ2n) is 5.61. The zero-order valence-electron chi connectivity index (χ0n) is 13.5. The number of aromatic nitrogens is 4. The van der Waals surface area contributed by atoms with Crippen molar-refractivity contribution in [1.82, 2.24) is 19.6 Å². The second kappa shape index (κ2) is 6.72. The Morgan fingerprint density at radius 3 is 2.85 bits per heavy atom. The minimum Gasteiger partial charge on any atom is -0.447 e. The van der Waals surface area contributed by atoms with Crippen LogP contribution < -0.4 is 0 Å². The number of pyridine rings is 2. The summed E-state index contributed by atoms with van der Waals surface area (Å²) in [5.41, 5.74) is 1.96. The molecule has 3 aromatic heterocycles. The molecule has 0 aliphatic rings. The Hall–Kier alpha value is -3.61. The van der Waals surface area contributed by atoms with Gasteiger partial charge in [-0.2, -0.15) is 0 Å². The van der Waals surface area contributed by atoms with E-state index < -0.39 is 17.9 Å². The van der Waals surface area contributed by atoms with E-state index in [1.807, 2.05) is 0 Å². The lowest BCUT2D eigenvalue weighted by Crippen LogP contribution is -2.14. The molecule has 0 aliphatic carbocycles. The Morgan fingerprint density at radius 1 is 1.12 bits per heavy atom. The number of esters is 1. The predicted molar refractivity (Wildman–Crippen MR) is 90.9 cm³/mol. The van der Waals surface area contributed by atoms with E-state index in [1.54, 1.807) is 59.3 Å². The number of rotatable bonds is 4. The first-order valence-corrected chi connectivity index (χ1v) is 7.87. The van der Waals surface area contributed by atoms with Crippen LogP contribution in [0.4, 0.5) is 4.39 Å². The molecule has 0 bridgehead atoms. The van der Waals surface area contributed by atoms with Crippen LogP contribution in [0.3, 0.4) is 0 Å².